The van der Waals surface area contributed by atoms with Gasteiger partial charge in [0.05, 0.1) is 5.39 Å². The lowest BCUT2D eigenvalue weighted by molar-refractivity contribution is 0.0468. The minimum atomic E-state index is -0.698. The number of Topliss-reactive ketones (excluding diaryl/α,β-unsaturated/α-hetero) is 1. The molecule has 1 aliphatic rings. The fourth-order valence-electron chi connectivity index (χ4n) is 4.89. The number of ketones is 1. The van der Waals surface area contributed by atoms with Crippen LogP contribution < -0.4 is 5.56 Å². The van der Waals surface area contributed by atoms with Crippen LogP contribution in [0.15, 0.2) is 53.3 Å². The summed E-state index contributed by atoms with van der Waals surface area (Å²) in [6, 6.07) is 14.6. The van der Waals surface area contributed by atoms with Gasteiger partial charge in [0, 0.05) is 17.5 Å². The molecular weight excluding hydrogens is 440 g/mol. The molecule has 4 rings (SSSR count). The lowest BCUT2D eigenvalue weighted by atomic mass is 9.84. The molecule has 0 aliphatic heterocycles. The van der Waals surface area contributed by atoms with Gasteiger partial charge in [-0.3, -0.25) is 9.59 Å². The number of carbonyl (C=O) groups excluding carboxylic acids is 2. The number of esters is 1. The van der Waals surface area contributed by atoms with Gasteiger partial charge in [0.15, 0.2) is 18.1 Å². The molecule has 6 heteroatoms. The van der Waals surface area contributed by atoms with E-state index in [1.54, 1.807) is 24.3 Å². The standard InChI is InChI=1S/C29H34N2O4/c1-2-3-4-10-19-31-28(33)25-14-9-8-13-24(25)27(30-31)29(34)35-20-26(32)23-17-15-22(16-18-23)21-11-6-5-7-12-21/h8-9,13-18,21H,2-7,10-12,19-20H2,1H3. The summed E-state index contributed by atoms with van der Waals surface area (Å²) in [7, 11) is 0. The van der Waals surface area contributed by atoms with Crippen molar-refractivity contribution in [2.45, 2.75) is 77.2 Å². The van der Waals surface area contributed by atoms with Crippen molar-refractivity contribution in [2.75, 3.05) is 6.61 Å². The Balaban J connectivity index is 1.45. The van der Waals surface area contributed by atoms with Gasteiger partial charge in [-0.15, -0.1) is 0 Å². The van der Waals surface area contributed by atoms with E-state index in [1.807, 2.05) is 24.3 Å². The topological polar surface area (TPSA) is 78.3 Å². The zero-order chi connectivity index (χ0) is 24.6. The average molecular weight is 475 g/mol. The van der Waals surface area contributed by atoms with Gasteiger partial charge in [-0.2, -0.15) is 5.10 Å². The number of hydrogen-bond donors (Lipinski definition) is 0. The summed E-state index contributed by atoms with van der Waals surface area (Å²) in [5, 5.41) is 5.20. The molecule has 0 atom stereocenters. The number of hydrogen-bond acceptors (Lipinski definition) is 5. The largest absolute Gasteiger partial charge is 0.452 e. The van der Waals surface area contributed by atoms with E-state index in [0.717, 1.165) is 25.7 Å². The number of aryl methyl sites for hydroxylation is 1. The molecule has 1 saturated carbocycles. The van der Waals surface area contributed by atoms with Crippen molar-refractivity contribution in [3.63, 3.8) is 0 Å². The van der Waals surface area contributed by atoms with Crippen molar-refractivity contribution in [3.05, 3.63) is 75.7 Å². The Morgan fingerprint density at radius 3 is 2.37 bits per heavy atom. The minimum absolute atomic E-state index is 0.0659. The molecular formula is C29H34N2O4. The Kier molecular flexibility index (Phi) is 8.45. The lowest BCUT2D eigenvalue weighted by Crippen LogP contribution is -2.27. The molecule has 1 aromatic heterocycles. The van der Waals surface area contributed by atoms with Gasteiger partial charge >= 0.3 is 5.97 Å². The Morgan fingerprint density at radius 2 is 1.66 bits per heavy atom. The van der Waals surface area contributed by atoms with Crippen molar-refractivity contribution in [1.29, 1.82) is 0 Å². The molecule has 0 saturated heterocycles. The highest BCUT2D eigenvalue weighted by molar-refractivity contribution is 6.04. The summed E-state index contributed by atoms with van der Waals surface area (Å²) in [6.07, 6.45) is 10.2. The molecule has 2 aromatic carbocycles. The van der Waals surface area contributed by atoms with Crippen molar-refractivity contribution in [1.82, 2.24) is 9.78 Å². The molecule has 0 N–H and O–H groups in total. The van der Waals surface area contributed by atoms with E-state index < -0.39 is 5.97 Å². The number of aromatic nitrogens is 2. The van der Waals surface area contributed by atoms with Crippen molar-refractivity contribution < 1.29 is 14.3 Å². The molecule has 1 aliphatic carbocycles. The van der Waals surface area contributed by atoms with Crippen LogP contribution in [-0.4, -0.2) is 28.1 Å². The fourth-order valence-corrected chi connectivity index (χ4v) is 4.89. The second kappa shape index (κ2) is 11.9. The third kappa shape index (κ3) is 6.05. The first-order chi connectivity index (χ1) is 17.1. The zero-order valence-electron chi connectivity index (χ0n) is 20.5. The first-order valence-corrected chi connectivity index (χ1v) is 12.9. The van der Waals surface area contributed by atoms with E-state index >= 15 is 0 Å². The monoisotopic (exact) mass is 474 g/mol. The highest BCUT2D eigenvalue weighted by Crippen LogP contribution is 2.32. The number of unbranched alkanes of at least 4 members (excludes halogenated alkanes) is 3. The van der Waals surface area contributed by atoms with Gasteiger partial charge in [0.2, 0.25) is 0 Å². The van der Waals surface area contributed by atoms with Crippen LogP contribution in [0, 0.1) is 0 Å². The summed E-state index contributed by atoms with van der Waals surface area (Å²) in [5.41, 5.74) is 1.64. The van der Waals surface area contributed by atoms with Crippen LogP contribution >= 0.6 is 0 Å². The van der Waals surface area contributed by atoms with E-state index in [9.17, 15) is 14.4 Å². The quantitative estimate of drug-likeness (QED) is 0.203. The molecule has 6 nitrogen and oxygen atoms in total. The highest BCUT2D eigenvalue weighted by Gasteiger charge is 2.20. The Morgan fingerprint density at radius 1 is 0.943 bits per heavy atom. The number of benzene rings is 2. The van der Waals surface area contributed by atoms with Gasteiger partial charge in [-0.1, -0.05) is 87.9 Å². The number of rotatable bonds is 10. The average Bonchev–Trinajstić information content (AvgIpc) is 2.91. The van der Waals surface area contributed by atoms with Crippen molar-refractivity contribution in [3.8, 4) is 0 Å². The van der Waals surface area contributed by atoms with Crippen molar-refractivity contribution >= 4 is 22.5 Å². The first-order valence-electron chi connectivity index (χ1n) is 12.9. The van der Waals surface area contributed by atoms with E-state index in [-0.39, 0.29) is 23.6 Å². The van der Waals surface area contributed by atoms with E-state index in [4.69, 9.17) is 4.74 Å². The summed E-state index contributed by atoms with van der Waals surface area (Å²) in [6.45, 7) is 2.20. The zero-order valence-corrected chi connectivity index (χ0v) is 20.5. The van der Waals surface area contributed by atoms with Gasteiger partial charge in [-0.25, -0.2) is 9.48 Å². The van der Waals surface area contributed by atoms with E-state index in [0.29, 0.717) is 28.8 Å². The van der Waals surface area contributed by atoms with Gasteiger partial charge in [0.25, 0.3) is 5.56 Å². The molecule has 0 bridgehead atoms. The molecule has 0 spiro atoms. The maximum atomic E-state index is 12.9. The van der Waals surface area contributed by atoms with Crippen LogP contribution in [0.4, 0.5) is 0 Å². The summed E-state index contributed by atoms with van der Waals surface area (Å²) >= 11 is 0. The van der Waals surface area contributed by atoms with E-state index in [2.05, 4.69) is 12.0 Å². The fraction of sp³-hybridized carbons (Fsp3) is 0.448. The normalized spacial score (nSPS) is 14.2. The van der Waals surface area contributed by atoms with Gasteiger partial charge < -0.3 is 4.74 Å². The molecule has 1 fully saturated rings. The van der Waals surface area contributed by atoms with Crippen LogP contribution in [0.25, 0.3) is 10.8 Å². The third-order valence-corrected chi connectivity index (χ3v) is 6.93. The second-order valence-electron chi connectivity index (χ2n) is 9.44. The lowest BCUT2D eigenvalue weighted by Gasteiger charge is -2.22. The molecule has 3 aromatic rings. The highest BCUT2D eigenvalue weighted by atomic mass is 16.5. The van der Waals surface area contributed by atoms with Crippen LogP contribution in [0.5, 0.6) is 0 Å². The number of fused-ring (bicyclic) bond motifs is 1. The first kappa shape index (κ1) is 24.8. The van der Waals surface area contributed by atoms with Crippen LogP contribution in [0.2, 0.25) is 0 Å². The Hall–Kier alpha value is -3.28. The maximum absolute atomic E-state index is 12.9. The minimum Gasteiger partial charge on any atom is -0.452 e. The summed E-state index contributed by atoms with van der Waals surface area (Å²) < 4.78 is 6.72. The number of ether oxygens (including phenoxy) is 1. The Labute approximate surface area is 206 Å². The molecule has 184 valence electrons. The Bertz CT molecular complexity index is 1220. The predicted molar refractivity (Wildman–Crippen MR) is 137 cm³/mol. The second-order valence-corrected chi connectivity index (χ2v) is 9.44. The molecule has 35 heavy (non-hydrogen) atoms. The van der Waals surface area contributed by atoms with Gasteiger partial charge in [0.1, 0.15) is 0 Å². The van der Waals surface area contributed by atoms with Crippen LogP contribution in [0.3, 0.4) is 0 Å². The molecule has 0 radical (unpaired) electrons. The van der Waals surface area contributed by atoms with Crippen LogP contribution in [0.1, 0.15) is 97.0 Å². The molecule has 0 amide bonds. The SMILES string of the molecule is CCCCCCn1nc(C(=O)OCC(=O)c2ccc(C3CCCCC3)cc2)c2ccccc2c1=O. The summed E-state index contributed by atoms with van der Waals surface area (Å²) in [5.74, 6) is -0.385. The summed E-state index contributed by atoms with van der Waals surface area (Å²) in [4.78, 5) is 38.5. The molecule has 0 unspecified atom stereocenters. The maximum Gasteiger partial charge on any atom is 0.359 e. The van der Waals surface area contributed by atoms with Gasteiger partial charge in [-0.05, 0) is 36.8 Å². The number of nitrogens with zero attached hydrogens (tertiary/aromatic N) is 2. The van der Waals surface area contributed by atoms with Crippen LogP contribution in [-0.2, 0) is 11.3 Å². The number of carbonyl (C=O) groups is 2. The predicted octanol–water partition coefficient (Wildman–Crippen LogP) is 6.06. The smallest absolute Gasteiger partial charge is 0.359 e. The van der Waals surface area contributed by atoms with E-state index in [1.165, 1.54) is 42.3 Å². The van der Waals surface area contributed by atoms with Crippen molar-refractivity contribution in [2.24, 2.45) is 0 Å². The third-order valence-electron chi connectivity index (χ3n) is 6.93. The molecule has 1 heterocycles.